The number of carboxylic acid groups (broad SMARTS) is 1. The Morgan fingerprint density at radius 3 is 2.63 bits per heavy atom. The van der Waals surface area contributed by atoms with E-state index in [-0.39, 0.29) is 6.42 Å². The minimum absolute atomic E-state index is 0.197. The van der Waals surface area contributed by atoms with Gasteiger partial charge in [0.2, 0.25) is 0 Å². The topological polar surface area (TPSA) is 54.4 Å². The Kier molecular flexibility index (Phi) is 4.72. The first kappa shape index (κ1) is 13.8. The first-order chi connectivity index (χ1) is 9.15. The van der Waals surface area contributed by atoms with Crippen molar-refractivity contribution in [2.75, 3.05) is 0 Å². The molecule has 0 spiro atoms. The summed E-state index contributed by atoms with van der Waals surface area (Å²) in [5, 5.41) is 8.86. The zero-order valence-electron chi connectivity index (χ0n) is 11.0. The van der Waals surface area contributed by atoms with Crippen molar-refractivity contribution in [1.29, 1.82) is 0 Å². The Balaban J connectivity index is 2.01. The van der Waals surface area contributed by atoms with Crippen LogP contribution in [-0.2, 0) is 16.0 Å². The maximum absolute atomic E-state index is 11.4. The van der Waals surface area contributed by atoms with Gasteiger partial charge in [-0.25, -0.2) is 0 Å². The summed E-state index contributed by atoms with van der Waals surface area (Å²) in [7, 11) is 0. The van der Waals surface area contributed by atoms with Crippen LogP contribution in [0.5, 0.6) is 0 Å². The van der Waals surface area contributed by atoms with Gasteiger partial charge in [0.25, 0.3) is 0 Å². The molecule has 3 nitrogen and oxygen atoms in total. The van der Waals surface area contributed by atoms with E-state index in [0.29, 0.717) is 36.9 Å². The van der Waals surface area contributed by atoms with Gasteiger partial charge in [0.1, 0.15) is 5.78 Å². The average Bonchev–Trinajstić information content (AvgIpc) is 2.82. The molecule has 0 bridgehead atoms. The van der Waals surface area contributed by atoms with Crippen molar-refractivity contribution < 1.29 is 14.7 Å². The van der Waals surface area contributed by atoms with Gasteiger partial charge in [0.15, 0.2) is 0 Å². The molecule has 0 aliphatic heterocycles. The molecule has 1 saturated carbocycles. The molecule has 2 rings (SSSR count). The molecule has 3 heteroatoms. The molecule has 1 aliphatic carbocycles. The Bertz CT molecular complexity index is 439. The van der Waals surface area contributed by atoms with Crippen molar-refractivity contribution >= 4 is 11.8 Å². The van der Waals surface area contributed by atoms with E-state index in [9.17, 15) is 9.59 Å². The van der Waals surface area contributed by atoms with Crippen LogP contribution in [-0.4, -0.2) is 16.9 Å². The lowest BCUT2D eigenvalue weighted by Gasteiger charge is -2.22. The number of Topliss-reactive ketones (excluding diaryl/α,β-unsaturated/α-hetero) is 1. The van der Waals surface area contributed by atoms with Crippen LogP contribution in [0, 0.1) is 11.8 Å². The van der Waals surface area contributed by atoms with Crippen molar-refractivity contribution in [3.05, 3.63) is 35.9 Å². The van der Waals surface area contributed by atoms with Crippen molar-refractivity contribution in [2.24, 2.45) is 11.8 Å². The molecule has 1 N–H and O–H groups in total. The third-order valence-electron chi connectivity index (χ3n) is 4.02. The van der Waals surface area contributed by atoms with Crippen molar-refractivity contribution in [3.63, 3.8) is 0 Å². The van der Waals surface area contributed by atoms with Crippen LogP contribution in [0.2, 0.25) is 0 Å². The number of rotatable bonds is 6. The fourth-order valence-electron chi connectivity index (χ4n) is 2.98. The second kappa shape index (κ2) is 6.50. The van der Waals surface area contributed by atoms with Crippen molar-refractivity contribution in [3.8, 4) is 0 Å². The van der Waals surface area contributed by atoms with Crippen molar-refractivity contribution in [2.45, 2.75) is 38.5 Å². The molecule has 1 aliphatic rings. The van der Waals surface area contributed by atoms with E-state index >= 15 is 0 Å². The summed E-state index contributed by atoms with van der Waals surface area (Å²) in [5.41, 5.74) is 1.23. The van der Waals surface area contributed by atoms with E-state index in [1.807, 2.05) is 18.2 Å². The summed E-state index contributed by atoms with van der Waals surface area (Å²) >= 11 is 0. The van der Waals surface area contributed by atoms with Gasteiger partial charge in [0.05, 0.1) is 0 Å². The predicted octanol–water partition coefficient (Wildman–Crippen LogP) is 3.08. The number of carbonyl (C=O) groups excluding carboxylic acids is 1. The molecular formula is C16H20O3. The highest BCUT2D eigenvalue weighted by molar-refractivity contribution is 5.80. The summed E-state index contributed by atoms with van der Waals surface area (Å²) in [6.45, 7) is 0. The van der Waals surface area contributed by atoms with Gasteiger partial charge in [-0.1, -0.05) is 30.3 Å². The smallest absolute Gasteiger partial charge is 0.303 e. The number of hydrogen-bond donors (Lipinski definition) is 1. The van der Waals surface area contributed by atoms with Crippen LogP contribution in [0.4, 0.5) is 0 Å². The minimum atomic E-state index is -0.748. The van der Waals surface area contributed by atoms with Gasteiger partial charge in [-0.15, -0.1) is 0 Å². The largest absolute Gasteiger partial charge is 0.481 e. The molecule has 1 aromatic carbocycles. The zero-order chi connectivity index (χ0) is 13.7. The molecule has 102 valence electrons. The number of carbonyl (C=O) groups is 2. The summed E-state index contributed by atoms with van der Waals surface area (Å²) in [6, 6.07) is 10.1. The Labute approximate surface area is 113 Å². The monoisotopic (exact) mass is 260 g/mol. The highest BCUT2D eigenvalue weighted by atomic mass is 16.4. The molecule has 0 radical (unpaired) electrons. The summed E-state index contributed by atoms with van der Waals surface area (Å²) in [6.07, 6.45) is 3.98. The maximum atomic E-state index is 11.4. The molecule has 0 saturated heterocycles. The fraction of sp³-hybridized carbons (Fsp3) is 0.500. The lowest BCUT2D eigenvalue weighted by atomic mass is 9.82. The second-order valence-corrected chi connectivity index (χ2v) is 5.42. The Morgan fingerprint density at radius 2 is 2.05 bits per heavy atom. The van der Waals surface area contributed by atoms with Crippen LogP contribution in [0.15, 0.2) is 30.3 Å². The second-order valence-electron chi connectivity index (χ2n) is 5.42. The van der Waals surface area contributed by atoms with Gasteiger partial charge in [-0.3, -0.25) is 9.59 Å². The molecule has 2 atom stereocenters. The van der Waals surface area contributed by atoms with E-state index < -0.39 is 5.97 Å². The van der Waals surface area contributed by atoms with E-state index in [2.05, 4.69) is 12.1 Å². The number of hydrogen-bond acceptors (Lipinski definition) is 2. The van der Waals surface area contributed by atoms with Crippen LogP contribution in [0.25, 0.3) is 0 Å². The van der Waals surface area contributed by atoms with E-state index in [4.69, 9.17) is 5.11 Å². The molecule has 0 heterocycles. The van der Waals surface area contributed by atoms with Crippen molar-refractivity contribution in [1.82, 2.24) is 0 Å². The Hall–Kier alpha value is -1.64. The lowest BCUT2D eigenvalue weighted by Crippen LogP contribution is -2.17. The van der Waals surface area contributed by atoms with Crippen LogP contribution in [0.1, 0.15) is 37.7 Å². The normalized spacial score (nSPS) is 20.4. The first-order valence-corrected chi connectivity index (χ1v) is 6.92. The molecule has 1 fully saturated rings. The number of ketones is 1. The minimum Gasteiger partial charge on any atom is -0.481 e. The first-order valence-electron chi connectivity index (χ1n) is 6.92. The molecule has 0 aromatic heterocycles. The van der Waals surface area contributed by atoms with Crippen LogP contribution < -0.4 is 0 Å². The molecule has 1 aromatic rings. The lowest BCUT2D eigenvalue weighted by molar-refractivity contribution is -0.137. The van der Waals surface area contributed by atoms with Gasteiger partial charge in [-0.05, 0) is 36.7 Å². The maximum Gasteiger partial charge on any atom is 0.303 e. The SMILES string of the molecule is O=C(O)CCC(Cc1ccccc1)C1CCC(=O)C1. The van der Waals surface area contributed by atoms with Gasteiger partial charge in [-0.2, -0.15) is 0 Å². The van der Waals surface area contributed by atoms with E-state index in [0.717, 1.165) is 12.8 Å². The molecule has 0 amide bonds. The summed E-state index contributed by atoms with van der Waals surface area (Å²) in [4.78, 5) is 22.2. The Morgan fingerprint density at radius 1 is 1.32 bits per heavy atom. The summed E-state index contributed by atoms with van der Waals surface area (Å²) in [5.74, 6) is 0.262. The van der Waals surface area contributed by atoms with Gasteiger partial charge in [0, 0.05) is 19.3 Å². The van der Waals surface area contributed by atoms with Crippen LogP contribution >= 0.6 is 0 Å². The molecule has 2 unspecified atom stereocenters. The third-order valence-corrected chi connectivity index (χ3v) is 4.02. The number of benzene rings is 1. The predicted molar refractivity (Wildman–Crippen MR) is 72.9 cm³/mol. The van der Waals surface area contributed by atoms with E-state index in [1.54, 1.807) is 0 Å². The fourth-order valence-corrected chi connectivity index (χ4v) is 2.98. The summed E-state index contributed by atoms with van der Waals surface area (Å²) < 4.78 is 0. The van der Waals surface area contributed by atoms with Gasteiger partial charge >= 0.3 is 5.97 Å². The third kappa shape index (κ3) is 4.19. The molecule has 19 heavy (non-hydrogen) atoms. The van der Waals surface area contributed by atoms with Gasteiger partial charge < -0.3 is 5.11 Å². The van der Waals surface area contributed by atoms with E-state index in [1.165, 1.54) is 5.56 Å². The average molecular weight is 260 g/mol. The standard InChI is InChI=1S/C16H20O3/c17-15-8-6-14(11-15)13(7-9-16(18)19)10-12-4-2-1-3-5-12/h1-5,13-14H,6-11H2,(H,18,19). The highest BCUT2D eigenvalue weighted by Gasteiger charge is 2.29. The number of carboxylic acids is 1. The van der Waals surface area contributed by atoms with Crippen LogP contribution in [0.3, 0.4) is 0 Å². The zero-order valence-corrected chi connectivity index (χ0v) is 11.0. The highest BCUT2D eigenvalue weighted by Crippen LogP contribution is 2.34. The number of aliphatic carboxylic acids is 1. The quantitative estimate of drug-likeness (QED) is 0.855. The molecular weight excluding hydrogens is 240 g/mol.